The van der Waals surface area contributed by atoms with Crippen LogP contribution in [0.25, 0.3) is 0 Å². The van der Waals surface area contributed by atoms with Gasteiger partial charge in [-0.2, -0.15) is 0 Å². The van der Waals surface area contributed by atoms with E-state index in [0.29, 0.717) is 0 Å². The van der Waals surface area contributed by atoms with E-state index in [1.54, 1.807) is 6.20 Å². The lowest BCUT2D eigenvalue weighted by atomic mass is 9.99. The molecule has 2 rings (SSSR count). The highest BCUT2D eigenvalue weighted by Crippen LogP contribution is 2.21. The summed E-state index contributed by atoms with van der Waals surface area (Å²) in [6.07, 6.45) is 4.77. The topological polar surface area (TPSA) is 33.2 Å². The van der Waals surface area contributed by atoms with Gasteiger partial charge in [-0.25, -0.2) is 4.98 Å². The van der Waals surface area contributed by atoms with Crippen molar-refractivity contribution in [3.63, 3.8) is 0 Å². The van der Waals surface area contributed by atoms with Gasteiger partial charge in [0.15, 0.2) is 0 Å². The number of anilines is 1. The zero-order chi connectivity index (χ0) is 10.7. The number of rotatable bonds is 2. The summed E-state index contributed by atoms with van der Waals surface area (Å²) in [7, 11) is 0. The van der Waals surface area contributed by atoms with E-state index in [1.165, 1.54) is 0 Å². The van der Waals surface area contributed by atoms with Gasteiger partial charge < -0.3 is 9.69 Å². The minimum Gasteiger partial charge on any atom is -0.357 e. The monoisotopic (exact) mass is 268 g/mol. The smallest absolute Gasteiger partial charge is 0.128 e. The van der Waals surface area contributed by atoms with Gasteiger partial charge in [0.2, 0.25) is 0 Å². The Balaban J connectivity index is 2.01. The number of hydrogen-bond donors (Lipinski definition) is 0. The number of carbonyl (C=O) groups is 1. The van der Waals surface area contributed by atoms with Gasteiger partial charge in [0, 0.05) is 29.7 Å². The van der Waals surface area contributed by atoms with Gasteiger partial charge in [-0.15, -0.1) is 0 Å². The molecule has 0 bridgehead atoms. The number of carbonyl (C=O) groups excluding carboxylic acids is 1. The Labute approximate surface area is 97.6 Å². The third-order valence-corrected chi connectivity index (χ3v) is 3.24. The second-order valence-electron chi connectivity index (χ2n) is 3.80. The Morgan fingerprint density at radius 3 is 2.67 bits per heavy atom. The van der Waals surface area contributed by atoms with Crippen LogP contribution in [0.4, 0.5) is 5.82 Å². The molecule has 0 aliphatic carbocycles. The lowest BCUT2D eigenvalue weighted by molar-refractivity contribution is -0.111. The van der Waals surface area contributed by atoms with Gasteiger partial charge in [-0.1, -0.05) is 0 Å². The molecule has 1 aliphatic heterocycles. The first-order valence-corrected chi connectivity index (χ1v) is 5.90. The molecule has 0 amide bonds. The average Bonchev–Trinajstić information content (AvgIpc) is 2.30. The first kappa shape index (κ1) is 10.6. The molecule has 0 N–H and O–H groups in total. The van der Waals surface area contributed by atoms with Gasteiger partial charge in [0.25, 0.3) is 0 Å². The molecule has 4 heteroatoms. The van der Waals surface area contributed by atoms with Crippen molar-refractivity contribution in [1.82, 2.24) is 4.98 Å². The quantitative estimate of drug-likeness (QED) is 0.772. The van der Waals surface area contributed by atoms with Crippen LogP contribution in [0.15, 0.2) is 22.8 Å². The first-order valence-electron chi connectivity index (χ1n) is 5.11. The molecule has 2 heterocycles. The van der Waals surface area contributed by atoms with E-state index in [9.17, 15) is 4.79 Å². The molecule has 1 fully saturated rings. The van der Waals surface area contributed by atoms with Crippen molar-refractivity contribution in [2.24, 2.45) is 5.92 Å². The van der Waals surface area contributed by atoms with Gasteiger partial charge in [0.05, 0.1) is 0 Å². The predicted octanol–water partition coefficient (Wildman–Crippen LogP) is 2.26. The van der Waals surface area contributed by atoms with Crippen LogP contribution in [-0.2, 0) is 4.79 Å². The van der Waals surface area contributed by atoms with E-state index in [2.05, 4.69) is 25.8 Å². The summed E-state index contributed by atoms with van der Waals surface area (Å²) >= 11 is 3.36. The Hall–Kier alpha value is -0.900. The van der Waals surface area contributed by atoms with E-state index in [0.717, 1.165) is 42.5 Å². The van der Waals surface area contributed by atoms with Crippen LogP contribution in [0.5, 0.6) is 0 Å². The van der Waals surface area contributed by atoms with Crippen molar-refractivity contribution in [1.29, 1.82) is 0 Å². The first-order chi connectivity index (χ1) is 7.29. The largest absolute Gasteiger partial charge is 0.357 e. The van der Waals surface area contributed by atoms with Crippen LogP contribution in [0.2, 0.25) is 0 Å². The van der Waals surface area contributed by atoms with Crippen LogP contribution in [0, 0.1) is 5.92 Å². The maximum absolute atomic E-state index is 10.6. The van der Waals surface area contributed by atoms with Crippen molar-refractivity contribution in [3.8, 4) is 0 Å². The van der Waals surface area contributed by atoms with Gasteiger partial charge in [-0.05, 0) is 40.9 Å². The van der Waals surface area contributed by atoms with Crippen molar-refractivity contribution in [3.05, 3.63) is 22.8 Å². The van der Waals surface area contributed by atoms with E-state index in [4.69, 9.17) is 0 Å². The van der Waals surface area contributed by atoms with Crippen LogP contribution in [0.3, 0.4) is 0 Å². The summed E-state index contributed by atoms with van der Waals surface area (Å²) in [5, 5.41) is 0. The van der Waals surface area contributed by atoms with Crippen molar-refractivity contribution in [2.45, 2.75) is 12.8 Å². The molecule has 0 unspecified atom stereocenters. The second kappa shape index (κ2) is 4.75. The fraction of sp³-hybridized carbons (Fsp3) is 0.455. The molecule has 0 aromatic carbocycles. The number of aromatic nitrogens is 1. The van der Waals surface area contributed by atoms with E-state index in [-0.39, 0.29) is 5.92 Å². The van der Waals surface area contributed by atoms with Gasteiger partial charge in [0.1, 0.15) is 12.1 Å². The highest BCUT2D eigenvalue weighted by atomic mass is 79.9. The summed E-state index contributed by atoms with van der Waals surface area (Å²) in [4.78, 5) is 17.2. The Bertz CT molecular complexity index is 331. The minimum atomic E-state index is 0.247. The summed E-state index contributed by atoms with van der Waals surface area (Å²) in [5.74, 6) is 1.25. The molecule has 1 saturated heterocycles. The van der Waals surface area contributed by atoms with E-state index in [1.807, 2.05) is 12.1 Å². The fourth-order valence-corrected chi connectivity index (χ4v) is 2.05. The molecule has 1 aromatic rings. The number of pyridine rings is 1. The van der Waals surface area contributed by atoms with Crippen molar-refractivity contribution >= 4 is 28.0 Å². The number of hydrogen-bond acceptors (Lipinski definition) is 3. The molecule has 1 aliphatic rings. The third-order valence-electron chi connectivity index (χ3n) is 2.77. The molecule has 15 heavy (non-hydrogen) atoms. The summed E-state index contributed by atoms with van der Waals surface area (Å²) in [6.45, 7) is 1.86. The number of nitrogens with zero attached hydrogens (tertiary/aromatic N) is 2. The Morgan fingerprint density at radius 2 is 2.13 bits per heavy atom. The molecule has 3 nitrogen and oxygen atoms in total. The third kappa shape index (κ3) is 2.56. The van der Waals surface area contributed by atoms with E-state index < -0.39 is 0 Å². The maximum Gasteiger partial charge on any atom is 0.128 e. The van der Waals surface area contributed by atoms with Crippen LogP contribution < -0.4 is 4.90 Å². The van der Waals surface area contributed by atoms with Gasteiger partial charge >= 0.3 is 0 Å². The minimum absolute atomic E-state index is 0.247. The summed E-state index contributed by atoms with van der Waals surface area (Å²) in [5.41, 5.74) is 0. The highest BCUT2D eigenvalue weighted by molar-refractivity contribution is 9.10. The lowest BCUT2D eigenvalue weighted by Crippen LogP contribution is -2.34. The lowest BCUT2D eigenvalue weighted by Gasteiger charge is -2.30. The predicted molar refractivity (Wildman–Crippen MR) is 62.9 cm³/mol. The van der Waals surface area contributed by atoms with Gasteiger partial charge in [-0.3, -0.25) is 0 Å². The summed E-state index contributed by atoms with van der Waals surface area (Å²) < 4.78 is 0.994. The van der Waals surface area contributed by atoms with E-state index >= 15 is 0 Å². The molecular weight excluding hydrogens is 256 g/mol. The summed E-state index contributed by atoms with van der Waals surface area (Å²) in [6, 6.07) is 4.00. The molecule has 80 valence electrons. The van der Waals surface area contributed by atoms with Crippen molar-refractivity contribution < 1.29 is 4.79 Å². The Kier molecular flexibility index (Phi) is 3.36. The second-order valence-corrected chi connectivity index (χ2v) is 4.71. The molecule has 0 saturated carbocycles. The normalized spacial score (nSPS) is 17.8. The maximum atomic E-state index is 10.6. The van der Waals surface area contributed by atoms with Crippen LogP contribution >= 0.6 is 15.9 Å². The SMILES string of the molecule is O=CC1CCN(c2ccc(Br)cn2)CC1. The molecular formula is C11H13BrN2O. The van der Waals surface area contributed by atoms with Crippen molar-refractivity contribution in [2.75, 3.05) is 18.0 Å². The zero-order valence-corrected chi connectivity index (χ0v) is 9.98. The molecule has 0 radical (unpaired) electrons. The molecule has 1 aromatic heterocycles. The zero-order valence-electron chi connectivity index (χ0n) is 8.40. The molecule has 0 spiro atoms. The number of aldehydes is 1. The average molecular weight is 269 g/mol. The number of piperidine rings is 1. The standard InChI is InChI=1S/C11H13BrN2O/c12-10-1-2-11(13-7-10)14-5-3-9(8-15)4-6-14/h1-2,7-9H,3-6H2. The van der Waals surface area contributed by atoms with Crippen LogP contribution in [0.1, 0.15) is 12.8 Å². The fourth-order valence-electron chi connectivity index (χ4n) is 1.82. The van der Waals surface area contributed by atoms with Crippen LogP contribution in [-0.4, -0.2) is 24.4 Å². The highest BCUT2D eigenvalue weighted by Gasteiger charge is 2.19. The molecule has 0 atom stereocenters. The number of halogens is 1. The Morgan fingerprint density at radius 1 is 1.40 bits per heavy atom.